The maximum Gasteiger partial charge on any atom is 0.313 e. The molecular weight excluding hydrogens is 200 g/mol. The third-order valence-corrected chi connectivity index (χ3v) is 1.38. The van der Waals surface area contributed by atoms with E-state index < -0.39 is 5.97 Å². The van der Waals surface area contributed by atoms with E-state index in [1.807, 2.05) is 0 Å². The Kier molecular flexibility index (Phi) is 7.14. The first-order valence-corrected chi connectivity index (χ1v) is 4.49. The van der Waals surface area contributed by atoms with Crippen molar-refractivity contribution in [3.05, 3.63) is 5.57 Å². The summed E-state index contributed by atoms with van der Waals surface area (Å²) in [5.74, 6) is 0.883. The molecule has 0 aliphatic carbocycles. The van der Waals surface area contributed by atoms with Crippen LogP contribution in [0.2, 0.25) is 0 Å². The lowest BCUT2D eigenvalue weighted by molar-refractivity contribution is -0.147. The van der Waals surface area contributed by atoms with E-state index in [0.717, 1.165) is 0 Å². The van der Waals surface area contributed by atoms with Crippen LogP contribution in [0.15, 0.2) is 5.57 Å². The summed E-state index contributed by atoms with van der Waals surface area (Å²) in [5, 5.41) is 0. The molecule has 84 valence electrons. The average molecular weight is 214 g/mol. The van der Waals surface area contributed by atoms with Crippen LogP contribution >= 0.6 is 0 Å². The lowest BCUT2D eigenvalue weighted by atomic mass is 10.3. The van der Waals surface area contributed by atoms with E-state index in [0.29, 0.717) is 5.57 Å². The molecule has 0 N–H and O–H groups in total. The van der Waals surface area contributed by atoms with Crippen LogP contribution in [0.4, 0.5) is 0 Å². The number of ether oxygens (including phenoxy) is 2. The van der Waals surface area contributed by atoms with Gasteiger partial charge in [0.2, 0.25) is 0 Å². The zero-order valence-electron chi connectivity index (χ0n) is 8.87. The lowest BCUT2D eigenvalue weighted by Crippen LogP contribution is -2.13. The standard InChI is InChI=1S/C10H14O5/c1-8(6-11)7-14-3-4-15-10(13)5-9(2)12/h3-5,7H2,1-2H3. The first-order chi connectivity index (χ1) is 7.06. The summed E-state index contributed by atoms with van der Waals surface area (Å²) in [6.07, 6.45) is -0.215. The molecule has 0 saturated heterocycles. The fraction of sp³-hybridized carbons (Fsp3) is 0.600. The fourth-order valence-electron chi connectivity index (χ4n) is 0.723. The summed E-state index contributed by atoms with van der Waals surface area (Å²) in [6.45, 7) is 3.36. The maximum atomic E-state index is 10.8. The number of rotatable bonds is 7. The van der Waals surface area contributed by atoms with Crippen molar-refractivity contribution in [2.24, 2.45) is 0 Å². The lowest BCUT2D eigenvalue weighted by Gasteiger charge is -2.04. The van der Waals surface area contributed by atoms with Crippen LogP contribution in [0.25, 0.3) is 0 Å². The number of esters is 1. The first kappa shape index (κ1) is 13.5. The van der Waals surface area contributed by atoms with Gasteiger partial charge in [-0.2, -0.15) is 0 Å². The van der Waals surface area contributed by atoms with Gasteiger partial charge in [-0.25, -0.2) is 4.79 Å². The molecule has 15 heavy (non-hydrogen) atoms. The van der Waals surface area contributed by atoms with Crippen molar-refractivity contribution in [3.8, 4) is 0 Å². The summed E-state index contributed by atoms with van der Waals surface area (Å²) < 4.78 is 9.66. The summed E-state index contributed by atoms with van der Waals surface area (Å²) in [6, 6.07) is 0. The molecule has 0 bridgehead atoms. The zero-order chi connectivity index (χ0) is 11.7. The topological polar surface area (TPSA) is 69.7 Å². The quantitative estimate of drug-likeness (QED) is 0.264. The molecule has 0 saturated carbocycles. The van der Waals surface area contributed by atoms with Gasteiger partial charge in [-0.15, -0.1) is 0 Å². The highest BCUT2D eigenvalue weighted by Crippen LogP contribution is 1.90. The molecule has 0 spiro atoms. The molecule has 0 unspecified atom stereocenters. The summed E-state index contributed by atoms with van der Waals surface area (Å²) in [4.78, 5) is 31.4. The number of hydrogen-bond acceptors (Lipinski definition) is 5. The molecule has 0 atom stereocenters. The SMILES string of the molecule is CC(=O)CC(=O)OCCOCC(C)=C=O. The van der Waals surface area contributed by atoms with Crippen LogP contribution in [-0.2, 0) is 23.9 Å². The number of Topliss-reactive ketones (excluding diaryl/α,β-unsaturated/α-hetero) is 1. The fourth-order valence-corrected chi connectivity index (χ4v) is 0.723. The highest BCUT2D eigenvalue weighted by molar-refractivity contribution is 5.94. The van der Waals surface area contributed by atoms with Crippen molar-refractivity contribution in [2.45, 2.75) is 20.3 Å². The van der Waals surface area contributed by atoms with Gasteiger partial charge in [-0.1, -0.05) is 0 Å². The molecular formula is C10H14O5. The van der Waals surface area contributed by atoms with Gasteiger partial charge in [0.25, 0.3) is 0 Å². The van der Waals surface area contributed by atoms with Crippen LogP contribution < -0.4 is 0 Å². The summed E-state index contributed by atoms with van der Waals surface area (Å²) >= 11 is 0. The van der Waals surface area contributed by atoms with Crippen molar-refractivity contribution in [2.75, 3.05) is 19.8 Å². The van der Waals surface area contributed by atoms with Crippen molar-refractivity contribution in [1.29, 1.82) is 0 Å². The van der Waals surface area contributed by atoms with Crippen LogP contribution in [-0.4, -0.2) is 37.5 Å². The van der Waals surface area contributed by atoms with E-state index in [-0.39, 0.29) is 32.0 Å². The normalized spacial score (nSPS) is 9.20. The third kappa shape index (κ3) is 8.87. The second kappa shape index (κ2) is 7.91. The Morgan fingerprint density at radius 3 is 2.40 bits per heavy atom. The van der Waals surface area contributed by atoms with E-state index in [1.165, 1.54) is 6.92 Å². The van der Waals surface area contributed by atoms with Crippen molar-refractivity contribution in [1.82, 2.24) is 0 Å². The Hall–Kier alpha value is -1.45. The summed E-state index contributed by atoms with van der Waals surface area (Å²) in [7, 11) is 0. The third-order valence-electron chi connectivity index (χ3n) is 1.38. The molecule has 0 fully saturated rings. The largest absolute Gasteiger partial charge is 0.463 e. The van der Waals surface area contributed by atoms with Gasteiger partial charge in [0.1, 0.15) is 24.8 Å². The minimum absolute atomic E-state index is 0.0816. The second-order valence-electron chi connectivity index (χ2n) is 3.03. The Morgan fingerprint density at radius 1 is 1.20 bits per heavy atom. The maximum absolute atomic E-state index is 10.8. The number of ketones is 1. The van der Waals surface area contributed by atoms with Crippen LogP contribution in [0, 0.1) is 0 Å². The van der Waals surface area contributed by atoms with Gasteiger partial charge in [0, 0.05) is 5.57 Å². The predicted octanol–water partition coefficient (Wildman–Crippen LogP) is 0.303. The smallest absolute Gasteiger partial charge is 0.313 e. The molecule has 0 aromatic rings. The second-order valence-corrected chi connectivity index (χ2v) is 3.03. The highest BCUT2D eigenvalue weighted by Gasteiger charge is 2.05. The molecule has 5 nitrogen and oxygen atoms in total. The highest BCUT2D eigenvalue weighted by atomic mass is 16.6. The van der Waals surface area contributed by atoms with E-state index in [4.69, 9.17) is 4.74 Å². The molecule has 0 amide bonds. The van der Waals surface area contributed by atoms with Crippen LogP contribution in [0.3, 0.4) is 0 Å². The van der Waals surface area contributed by atoms with E-state index in [9.17, 15) is 14.4 Å². The Balaban J connectivity index is 3.43. The van der Waals surface area contributed by atoms with Crippen LogP contribution in [0.5, 0.6) is 0 Å². The zero-order valence-corrected chi connectivity index (χ0v) is 8.87. The minimum Gasteiger partial charge on any atom is -0.463 e. The van der Waals surface area contributed by atoms with E-state index in [2.05, 4.69) is 4.74 Å². The van der Waals surface area contributed by atoms with Crippen LogP contribution in [0.1, 0.15) is 20.3 Å². The molecule has 5 heteroatoms. The van der Waals surface area contributed by atoms with Gasteiger partial charge in [-0.3, -0.25) is 9.59 Å². The Morgan fingerprint density at radius 2 is 1.87 bits per heavy atom. The van der Waals surface area contributed by atoms with Gasteiger partial charge in [0.05, 0.1) is 13.2 Å². The van der Waals surface area contributed by atoms with Gasteiger partial charge in [0.15, 0.2) is 0 Å². The monoisotopic (exact) mass is 214 g/mol. The molecule has 0 aromatic heterocycles. The summed E-state index contributed by atoms with van der Waals surface area (Å²) in [5.41, 5.74) is 0.449. The van der Waals surface area contributed by atoms with Crippen molar-refractivity contribution < 1.29 is 23.9 Å². The first-order valence-electron chi connectivity index (χ1n) is 4.49. The number of carbonyl (C=O) groups excluding carboxylic acids is 3. The Labute approximate surface area is 88.0 Å². The molecule has 0 aliphatic rings. The van der Waals surface area contributed by atoms with Gasteiger partial charge in [-0.05, 0) is 13.8 Å². The number of hydrogen-bond donors (Lipinski definition) is 0. The molecule has 0 aliphatic heterocycles. The van der Waals surface area contributed by atoms with Gasteiger partial charge < -0.3 is 9.47 Å². The predicted molar refractivity (Wildman–Crippen MR) is 52.0 cm³/mol. The molecule has 0 aromatic carbocycles. The van der Waals surface area contributed by atoms with Crippen molar-refractivity contribution in [3.63, 3.8) is 0 Å². The van der Waals surface area contributed by atoms with Gasteiger partial charge >= 0.3 is 5.97 Å². The molecule has 0 radical (unpaired) electrons. The average Bonchev–Trinajstić information content (AvgIpc) is 2.15. The molecule has 0 heterocycles. The van der Waals surface area contributed by atoms with Crippen molar-refractivity contribution >= 4 is 17.7 Å². The minimum atomic E-state index is -0.561. The molecule has 0 rings (SSSR count). The van der Waals surface area contributed by atoms with E-state index >= 15 is 0 Å². The Bertz CT molecular complexity index is 276. The number of carbonyl (C=O) groups is 2. The van der Waals surface area contributed by atoms with E-state index in [1.54, 1.807) is 12.9 Å².